The standard InChI is InChI=1S/C19H28BrN3O/c1-14-6-7-16(17(20)10-14)13-23-9-3-4-15(12-23)11-22-19(24)18-5-2-8-21-18/h6-7,10,15,18,21H,2-5,8-9,11-13H2,1H3,(H,22,24). The van der Waals surface area contributed by atoms with Crippen LogP contribution in [0.1, 0.15) is 36.8 Å². The van der Waals surface area contributed by atoms with Crippen molar-refractivity contribution in [2.75, 3.05) is 26.2 Å². The van der Waals surface area contributed by atoms with Crippen LogP contribution in [0.15, 0.2) is 22.7 Å². The number of nitrogens with zero attached hydrogens (tertiary/aromatic N) is 1. The van der Waals surface area contributed by atoms with Crippen LogP contribution in [0, 0.1) is 12.8 Å². The molecule has 2 unspecified atom stereocenters. The van der Waals surface area contributed by atoms with Crippen LogP contribution in [0.4, 0.5) is 0 Å². The van der Waals surface area contributed by atoms with Crippen molar-refractivity contribution in [1.29, 1.82) is 0 Å². The SMILES string of the molecule is Cc1ccc(CN2CCCC(CNC(=O)C3CCCN3)C2)c(Br)c1. The van der Waals surface area contributed by atoms with Gasteiger partial charge in [0.25, 0.3) is 0 Å². The van der Waals surface area contributed by atoms with Gasteiger partial charge in [0, 0.05) is 24.1 Å². The van der Waals surface area contributed by atoms with Gasteiger partial charge in [-0.1, -0.05) is 28.1 Å². The Bertz CT molecular complexity index is 572. The molecule has 2 aliphatic rings. The van der Waals surface area contributed by atoms with E-state index in [0.717, 1.165) is 45.6 Å². The number of piperidine rings is 1. The summed E-state index contributed by atoms with van der Waals surface area (Å²) >= 11 is 3.69. The number of rotatable bonds is 5. The van der Waals surface area contributed by atoms with Gasteiger partial charge >= 0.3 is 0 Å². The lowest BCUT2D eigenvalue weighted by Crippen LogP contribution is -2.45. The van der Waals surface area contributed by atoms with E-state index in [0.29, 0.717) is 5.92 Å². The summed E-state index contributed by atoms with van der Waals surface area (Å²) < 4.78 is 1.20. The maximum atomic E-state index is 12.1. The molecule has 0 radical (unpaired) electrons. The van der Waals surface area contributed by atoms with E-state index in [1.165, 1.54) is 28.4 Å². The van der Waals surface area contributed by atoms with Gasteiger partial charge in [-0.15, -0.1) is 0 Å². The van der Waals surface area contributed by atoms with Gasteiger partial charge < -0.3 is 10.6 Å². The number of halogens is 1. The highest BCUT2D eigenvalue weighted by atomic mass is 79.9. The minimum absolute atomic E-state index is 0.0354. The first kappa shape index (κ1) is 17.9. The molecule has 2 fully saturated rings. The summed E-state index contributed by atoms with van der Waals surface area (Å²) in [5.74, 6) is 0.749. The molecule has 2 aliphatic heterocycles. The third-order valence-corrected chi connectivity index (χ3v) is 5.89. The van der Waals surface area contributed by atoms with Crippen molar-refractivity contribution in [3.63, 3.8) is 0 Å². The van der Waals surface area contributed by atoms with Crippen molar-refractivity contribution in [3.05, 3.63) is 33.8 Å². The number of amides is 1. The Hall–Kier alpha value is -0.910. The molecular weight excluding hydrogens is 366 g/mol. The van der Waals surface area contributed by atoms with Crippen LogP contribution in [-0.2, 0) is 11.3 Å². The van der Waals surface area contributed by atoms with E-state index in [-0.39, 0.29) is 11.9 Å². The molecular formula is C19H28BrN3O. The van der Waals surface area contributed by atoms with Gasteiger partial charge in [0.1, 0.15) is 0 Å². The maximum absolute atomic E-state index is 12.1. The zero-order valence-electron chi connectivity index (χ0n) is 14.5. The third kappa shape index (κ3) is 4.80. The third-order valence-electron chi connectivity index (χ3n) is 5.15. The Morgan fingerprint density at radius 2 is 2.25 bits per heavy atom. The van der Waals surface area contributed by atoms with E-state index in [9.17, 15) is 4.79 Å². The number of carbonyl (C=O) groups is 1. The molecule has 3 rings (SSSR count). The Kier molecular flexibility index (Phi) is 6.31. The Labute approximate surface area is 153 Å². The largest absolute Gasteiger partial charge is 0.354 e. The molecule has 2 saturated heterocycles. The lowest BCUT2D eigenvalue weighted by molar-refractivity contribution is -0.123. The van der Waals surface area contributed by atoms with E-state index in [1.54, 1.807) is 0 Å². The van der Waals surface area contributed by atoms with E-state index in [1.807, 2.05) is 0 Å². The second-order valence-electron chi connectivity index (χ2n) is 7.23. The number of aryl methyl sites for hydroxylation is 1. The van der Waals surface area contributed by atoms with Crippen molar-refractivity contribution < 1.29 is 4.79 Å². The Morgan fingerprint density at radius 3 is 3.00 bits per heavy atom. The molecule has 5 heteroatoms. The predicted molar refractivity (Wildman–Crippen MR) is 101 cm³/mol. The minimum atomic E-state index is 0.0354. The van der Waals surface area contributed by atoms with E-state index in [4.69, 9.17) is 0 Å². The molecule has 0 spiro atoms. The Balaban J connectivity index is 1.48. The first-order valence-corrected chi connectivity index (χ1v) is 9.89. The zero-order chi connectivity index (χ0) is 16.9. The van der Waals surface area contributed by atoms with Crippen LogP contribution >= 0.6 is 15.9 Å². The van der Waals surface area contributed by atoms with Crippen molar-refractivity contribution in [1.82, 2.24) is 15.5 Å². The van der Waals surface area contributed by atoms with Gasteiger partial charge in [0.05, 0.1) is 6.04 Å². The summed E-state index contributed by atoms with van der Waals surface area (Å²) in [5.41, 5.74) is 2.63. The number of hydrogen-bond acceptors (Lipinski definition) is 3. The molecule has 0 aliphatic carbocycles. The lowest BCUT2D eigenvalue weighted by Gasteiger charge is -2.33. The monoisotopic (exact) mass is 393 g/mol. The summed E-state index contributed by atoms with van der Waals surface area (Å²) in [6, 6.07) is 6.62. The summed E-state index contributed by atoms with van der Waals surface area (Å²) in [4.78, 5) is 14.7. The quantitative estimate of drug-likeness (QED) is 0.808. The molecule has 0 aromatic heterocycles. The second-order valence-corrected chi connectivity index (χ2v) is 8.09. The highest BCUT2D eigenvalue weighted by molar-refractivity contribution is 9.10. The summed E-state index contributed by atoms with van der Waals surface area (Å²) in [5, 5.41) is 6.43. The molecule has 2 N–H and O–H groups in total. The summed E-state index contributed by atoms with van der Waals surface area (Å²) in [7, 11) is 0. The smallest absolute Gasteiger partial charge is 0.237 e. The minimum Gasteiger partial charge on any atom is -0.354 e. The average Bonchev–Trinajstić information content (AvgIpc) is 3.10. The molecule has 1 aromatic carbocycles. The van der Waals surface area contributed by atoms with E-state index >= 15 is 0 Å². The van der Waals surface area contributed by atoms with Crippen LogP contribution in [0.2, 0.25) is 0 Å². The molecule has 0 saturated carbocycles. The number of nitrogens with one attached hydrogen (secondary N) is 2. The van der Waals surface area contributed by atoms with Gasteiger partial charge in [-0.25, -0.2) is 0 Å². The molecule has 2 atom stereocenters. The van der Waals surface area contributed by atoms with Gasteiger partial charge in [0.15, 0.2) is 0 Å². The maximum Gasteiger partial charge on any atom is 0.237 e. The fourth-order valence-corrected chi connectivity index (χ4v) is 4.38. The number of benzene rings is 1. The van der Waals surface area contributed by atoms with Crippen molar-refractivity contribution in [2.45, 2.75) is 45.2 Å². The molecule has 132 valence electrons. The highest BCUT2D eigenvalue weighted by Crippen LogP contribution is 2.23. The lowest BCUT2D eigenvalue weighted by atomic mass is 9.97. The van der Waals surface area contributed by atoms with Crippen molar-refractivity contribution in [2.24, 2.45) is 5.92 Å². The molecule has 0 bridgehead atoms. The van der Waals surface area contributed by atoms with Crippen LogP contribution in [0.3, 0.4) is 0 Å². The average molecular weight is 394 g/mol. The number of likely N-dealkylation sites (tertiary alicyclic amines) is 1. The van der Waals surface area contributed by atoms with Gasteiger partial charge in [-0.2, -0.15) is 0 Å². The number of hydrogen-bond donors (Lipinski definition) is 2. The molecule has 24 heavy (non-hydrogen) atoms. The van der Waals surface area contributed by atoms with Crippen LogP contribution < -0.4 is 10.6 Å². The highest BCUT2D eigenvalue weighted by Gasteiger charge is 2.24. The van der Waals surface area contributed by atoms with Gasteiger partial charge in [-0.3, -0.25) is 9.69 Å². The van der Waals surface area contributed by atoms with E-state index in [2.05, 4.69) is 56.6 Å². The fourth-order valence-electron chi connectivity index (χ4n) is 3.76. The second kappa shape index (κ2) is 8.45. The molecule has 2 heterocycles. The van der Waals surface area contributed by atoms with Gasteiger partial charge in [0.2, 0.25) is 5.91 Å². The summed E-state index contributed by atoms with van der Waals surface area (Å²) in [6.45, 7) is 7.10. The summed E-state index contributed by atoms with van der Waals surface area (Å²) in [6.07, 6.45) is 4.51. The molecule has 1 amide bonds. The van der Waals surface area contributed by atoms with Crippen LogP contribution in [-0.4, -0.2) is 43.0 Å². The van der Waals surface area contributed by atoms with E-state index < -0.39 is 0 Å². The predicted octanol–water partition coefficient (Wildman–Crippen LogP) is 2.84. The zero-order valence-corrected chi connectivity index (χ0v) is 16.1. The molecule has 4 nitrogen and oxygen atoms in total. The van der Waals surface area contributed by atoms with Crippen LogP contribution in [0.5, 0.6) is 0 Å². The van der Waals surface area contributed by atoms with Crippen molar-refractivity contribution >= 4 is 21.8 Å². The first-order valence-electron chi connectivity index (χ1n) is 9.10. The number of carbonyl (C=O) groups excluding carboxylic acids is 1. The van der Waals surface area contributed by atoms with Crippen molar-refractivity contribution in [3.8, 4) is 0 Å². The van der Waals surface area contributed by atoms with Crippen LogP contribution in [0.25, 0.3) is 0 Å². The van der Waals surface area contributed by atoms with Gasteiger partial charge in [-0.05, 0) is 68.8 Å². The normalized spacial score (nSPS) is 24.9. The molecule has 1 aromatic rings. The topological polar surface area (TPSA) is 44.4 Å². The first-order chi connectivity index (χ1) is 11.6. The fraction of sp³-hybridized carbons (Fsp3) is 0.632. The Morgan fingerprint density at radius 1 is 1.38 bits per heavy atom.